The van der Waals surface area contributed by atoms with Crippen LogP contribution in [0, 0.1) is 5.92 Å². The molecule has 2 rings (SSSR count). The van der Waals surface area contributed by atoms with E-state index in [0.29, 0.717) is 11.4 Å². The third kappa shape index (κ3) is 6.76. The van der Waals surface area contributed by atoms with Gasteiger partial charge in [-0.25, -0.2) is 13.1 Å². The maximum Gasteiger partial charge on any atom is 0.240 e. The van der Waals surface area contributed by atoms with E-state index in [0.717, 1.165) is 10.5 Å². The molecule has 0 radical (unpaired) electrons. The molecule has 158 valence electrons. The summed E-state index contributed by atoms with van der Waals surface area (Å²) in [4.78, 5) is 13.0. The Balaban J connectivity index is 2.19. The number of ether oxygens (including phenoxy) is 1. The first-order valence-electron chi connectivity index (χ1n) is 9.36. The first-order chi connectivity index (χ1) is 13.6. The summed E-state index contributed by atoms with van der Waals surface area (Å²) >= 11 is 1.44. The van der Waals surface area contributed by atoms with Crippen molar-refractivity contribution >= 4 is 33.4 Å². The zero-order chi connectivity index (χ0) is 21.6. The molecule has 0 aliphatic rings. The Labute approximate surface area is 177 Å². The van der Waals surface area contributed by atoms with Crippen LogP contribution in [0.15, 0.2) is 52.3 Å². The molecule has 0 aliphatic carbocycles. The standard InChI is InChI=1S/C21H28N2O4S2/c1-14(2)21(24)23-19-12-18(9-10-20(19)28-5)29(25,26)22-13-16-7-6-8-17(11-16)27-15(3)4/h6-12,14-15,22H,13H2,1-5H3,(H,23,24). The van der Waals surface area contributed by atoms with E-state index in [9.17, 15) is 13.2 Å². The van der Waals surface area contributed by atoms with Crippen molar-refractivity contribution in [3.63, 3.8) is 0 Å². The molecule has 8 heteroatoms. The Morgan fingerprint density at radius 1 is 1.10 bits per heavy atom. The highest BCUT2D eigenvalue weighted by Gasteiger charge is 2.18. The van der Waals surface area contributed by atoms with E-state index in [4.69, 9.17) is 4.74 Å². The van der Waals surface area contributed by atoms with Crippen molar-refractivity contribution in [1.29, 1.82) is 0 Å². The van der Waals surface area contributed by atoms with E-state index in [2.05, 4.69) is 10.0 Å². The summed E-state index contributed by atoms with van der Waals surface area (Å²) in [7, 11) is -3.75. The summed E-state index contributed by atoms with van der Waals surface area (Å²) in [5.41, 5.74) is 1.28. The molecule has 2 N–H and O–H groups in total. The second-order valence-electron chi connectivity index (χ2n) is 7.14. The van der Waals surface area contributed by atoms with Crippen molar-refractivity contribution in [1.82, 2.24) is 4.72 Å². The topological polar surface area (TPSA) is 84.5 Å². The van der Waals surface area contributed by atoms with Crippen LogP contribution in [0.5, 0.6) is 5.75 Å². The van der Waals surface area contributed by atoms with Crippen LogP contribution in [0.1, 0.15) is 33.3 Å². The third-order valence-corrected chi connectivity index (χ3v) is 6.19. The Morgan fingerprint density at radius 3 is 2.45 bits per heavy atom. The lowest BCUT2D eigenvalue weighted by Gasteiger charge is -2.14. The van der Waals surface area contributed by atoms with Gasteiger partial charge in [0, 0.05) is 17.4 Å². The molecule has 2 aromatic carbocycles. The fraction of sp³-hybridized carbons (Fsp3) is 0.381. The number of rotatable bonds is 9. The molecule has 0 spiro atoms. The van der Waals surface area contributed by atoms with E-state index in [-0.39, 0.29) is 29.4 Å². The zero-order valence-corrected chi connectivity index (χ0v) is 19.0. The van der Waals surface area contributed by atoms with E-state index in [1.165, 1.54) is 23.9 Å². The predicted molar refractivity (Wildman–Crippen MR) is 118 cm³/mol. The fourth-order valence-corrected chi connectivity index (χ4v) is 4.07. The summed E-state index contributed by atoms with van der Waals surface area (Å²) in [6.07, 6.45) is 1.91. The third-order valence-electron chi connectivity index (χ3n) is 4.00. The van der Waals surface area contributed by atoms with E-state index >= 15 is 0 Å². The average Bonchev–Trinajstić information content (AvgIpc) is 2.66. The normalized spacial score (nSPS) is 11.7. The van der Waals surface area contributed by atoms with Crippen LogP contribution >= 0.6 is 11.8 Å². The van der Waals surface area contributed by atoms with E-state index in [1.54, 1.807) is 19.9 Å². The summed E-state index contributed by atoms with van der Waals surface area (Å²) < 4.78 is 33.8. The molecule has 0 bridgehead atoms. The minimum Gasteiger partial charge on any atom is -0.491 e. The van der Waals surface area contributed by atoms with Crippen molar-refractivity contribution in [3.8, 4) is 5.75 Å². The molecule has 2 aromatic rings. The largest absolute Gasteiger partial charge is 0.491 e. The lowest BCUT2D eigenvalue weighted by molar-refractivity contribution is -0.118. The maximum atomic E-state index is 12.8. The number of thioether (sulfide) groups is 1. The van der Waals surface area contributed by atoms with Gasteiger partial charge in [-0.15, -0.1) is 11.8 Å². The van der Waals surface area contributed by atoms with Gasteiger partial charge in [-0.3, -0.25) is 4.79 Å². The molecule has 0 aliphatic heterocycles. The van der Waals surface area contributed by atoms with Crippen molar-refractivity contribution in [3.05, 3.63) is 48.0 Å². The van der Waals surface area contributed by atoms with Crippen molar-refractivity contribution in [2.45, 2.75) is 50.1 Å². The maximum absolute atomic E-state index is 12.8. The summed E-state index contributed by atoms with van der Waals surface area (Å²) in [6, 6.07) is 12.0. The van der Waals surface area contributed by atoms with Gasteiger partial charge in [0.05, 0.1) is 16.7 Å². The Bertz CT molecular complexity index is 957. The Hall–Kier alpha value is -2.03. The molecule has 0 heterocycles. The highest BCUT2D eigenvalue weighted by molar-refractivity contribution is 7.98. The number of nitrogens with one attached hydrogen (secondary N) is 2. The van der Waals surface area contributed by atoms with Crippen molar-refractivity contribution < 1.29 is 17.9 Å². The molecule has 6 nitrogen and oxygen atoms in total. The van der Waals surface area contributed by atoms with Gasteiger partial charge in [-0.05, 0) is 56.0 Å². The first kappa shape index (κ1) is 23.3. The highest BCUT2D eigenvalue weighted by atomic mass is 32.2. The number of hydrogen-bond donors (Lipinski definition) is 2. The first-order valence-corrected chi connectivity index (χ1v) is 12.1. The SMILES string of the molecule is CSc1ccc(S(=O)(=O)NCc2cccc(OC(C)C)c2)cc1NC(=O)C(C)C. The smallest absolute Gasteiger partial charge is 0.240 e. The number of benzene rings is 2. The monoisotopic (exact) mass is 436 g/mol. The second-order valence-corrected chi connectivity index (χ2v) is 9.76. The molecule has 0 saturated carbocycles. The number of anilines is 1. The molecular formula is C21H28N2O4S2. The molecule has 0 fully saturated rings. The van der Waals surface area contributed by atoms with Crippen molar-refractivity contribution in [2.24, 2.45) is 5.92 Å². The quantitative estimate of drug-likeness (QED) is 0.574. The number of carbonyl (C=O) groups excluding carboxylic acids is 1. The predicted octanol–water partition coefficient (Wildman–Crippen LogP) is 4.27. The lowest BCUT2D eigenvalue weighted by Crippen LogP contribution is -2.24. The second kappa shape index (κ2) is 10.1. The van der Waals surface area contributed by atoms with E-state index < -0.39 is 10.0 Å². The average molecular weight is 437 g/mol. The van der Waals surface area contributed by atoms with E-state index in [1.807, 2.05) is 44.4 Å². The molecule has 29 heavy (non-hydrogen) atoms. The van der Waals surface area contributed by atoms with Gasteiger partial charge in [0.15, 0.2) is 0 Å². The van der Waals surface area contributed by atoms with Gasteiger partial charge < -0.3 is 10.1 Å². The minimum atomic E-state index is -3.75. The van der Waals surface area contributed by atoms with Gasteiger partial charge in [0.1, 0.15) is 5.75 Å². The summed E-state index contributed by atoms with van der Waals surface area (Å²) in [5.74, 6) is 0.327. The van der Waals surface area contributed by atoms with Crippen molar-refractivity contribution in [2.75, 3.05) is 11.6 Å². The fourth-order valence-electron chi connectivity index (χ4n) is 2.49. The number of amides is 1. The number of sulfonamides is 1. The summed E-state index contributed by atoms with van der Waals surface area (Å²) in [6.45, 7) is 7.57. The molecule has 0 unspecified atom stereocenters. The Kier molecular flexibility index (Phi) is 8.13. The van der Waals surface area contributed by atoms with Crippen LogP contribution in [0.3, 0.4) is 0 Å². The Morgan fingerprint density at radius 2 is 1.83 bits per heavy atom. The van der Waals surface area contributed by atoms with Crippen LogP contribution < -0.4 is 14.8 Å². The number of hydrogen-bond acceptors (Lipinski definition) is 5. The van der Waals surface area contributed by atoms with Gasteiger partial charge in [-0.1, -0.05) is 26.0 Å². The van der Waals surface area contributed by atoms with Crippen LogP contribution in [0.25, 0.3) is 0 Å². The molecular weight excluding hydrogens is 408 g/mol. The molecule has 0 atom stereocenters. The number of carbonyl (C=O) groups is 1. The van der Waals surface area contributed by atoms with Crippen LogP contribution in [-0.2, 0) is 21.4 Å². The molecule has 1 amide bonds. The van der Waals surface area contributed by atoms with Crippen LogP contribution in [0.2, 0.25) is 0 Å². The lowest BCUT2D eigenvalue weighted by atomic mass is 10.2. The molecule has 0 saturated heterocycles. The molecule has 0 aromatic heterocycles. The van der Waals surface area contributed by atoms with Gasteiger partial charge in [-0.2, -0.15) is 0 Å². The zero-order valence-electron chi connectivity index (χ0n) is 17.4. The van der Waals surface area contributed by atoms with Gasteiger partial charge in [0.25, 0.3) is 0 Å². The van der Waals surface area contributed by atoms with Crippen LogP contribution in [-0.4, -0.2) is 26.7 Å². The minimum absolute atomic E-state index is 0.0383. The van der Waals surface area contributed by atoms with Gasteiger partial charge in [0.2, 0.25) is 15.9 Å². The summed E-state index contributed by atoms with van der Waals surface area (Å²) in [5, 5.41) is 2.80. The highest BCUT2D eigenvalue weighted by Crippen LogP contribution is 2.28. The van der Waals surface area contributed by atoms with Gasteiger partial charge >= 0.3 is 0 Å². The van der Waals surface area contributed by atoms with Crippen LogP contribution in [0.4, 0.5) is 5.69 Å².